The summed E-state index contributed by atoms with van der Waals surface area (Å²) in [6, 6.07) is 19.2. The van der Waals surface area contributed by atoms with Crippen LogP contribution < -0.4 is 0 Å². The Balaban J connectivity index is 1.70. The topological polar surface area (TPSA) is 63.6 Å². The third kappa shape index (κ3) is 3.88. The monoisotopic (exact) mass is 408 g/mol. The number of hydrogen-bond acceptors (Lipinski definition) is 4. The minimum absolute atomic E-state index is 0.0153. The van der Waals surface area contributed by atoms with Gasteiger partial charge in [0.05, 0.1) is 11.4 Å². The molecule has 0 saturated heterocycles. The van der Waals surface area contributed by atoms with Crippen LogP contribution in [0.15, 0.2) is 72.0 Å². The van der Waals surface area contributed by atoms with E-state index in [0.29, 0.717) is 21.7 Å². The highest BCUT2D eigenvalue weighted by Crippen LogP contribution is 2.29. The first-order valence-electron chi connectivity index (χ1n) is 8.69. The van der Waals surface area contributed by atoms with Gasteiger partial charge in [-0.25, -0.2) is 0 Å². The van der Waals surface area contributed by atoms with Gasteiger partial charge in [0.15, 0.2) is 16.8 Å². The number of hydrogen-bond donors (Lipinski definition) is 1. The maximum Gasteiger partial charge on any atom is 0.196 e. The smallest absolute Gasteiger partial charge is 0.196 e. The molecule has 0 aliphatic rings. The van der Waals surface area contributed by atoms with Gasteiger partial charge in [0.2, 0.25) is 0 Å². The lowest BCUT2D eigenvalue weighted by atomic mass is 10.2. The van der Waals surface area contributed by atoms with Crippen molar-refractivity contribution in [2.45, 2.75) is 12.1 Å². The van der Waals surface area contributed by atoms with Crippen molar-refractivity contribution in [1.82, 2.24) is 19.7 Å². The van der Waals surface area contributed by atoms with Crippen LogP contribution in [-0.2, 0) is 0 Å². The molecule has 0 saturated carbocycles. The molecule has 2 aromatic heterocycles. The standard InChI is InChI=1S/C21H17ClN4OS/c1-14-4-10-17(11-5-14)26-20(15-6-8-16(22)9-7-15)24-25-21(26)28-13-19(27)18-3-2-12-23-18/h2-12,23H,13H2,1H3. The largest absolute Gasteiger partial charge is 0.359 e. The molecule has 0 radical (unpaired) electrons. The summed E-state index contributed by atoms with van der Waals surface area (Å²) in [6.45, 7) is 2.04. The molecule has 1 N–H and O–H groups in total. The predicted molar refractivity (Wildman–Crippen MR) is 112 cm³/mol. The average Bonchev–Trinajstić information content (AvgIpc) is 3.38. The van der Waals surface area contributed by atoms with Crippen molar-refractivity contribution in [2.24, 2.45) is 0 Å². The molecule has 0 bridgehead atoms. The minimum Gasteiger partial charge on any atom is -0.359 e. The lowest BCUT2D eigenvalue weighted by Gasteiger charge is -2.10. The molecule has 28 heavy (non-hydrogen) atoms. The van der Waals surface area contributed by atoms with E-state index >= 15 is 0 Å². The summed E-state index contributed by atoms with van der Waals surface area (Å²) in [4.78, 5) is 15.3. The van der Waals surface area contributed by atoms with Crippen LogP contribution in [0.2, 0.25) is 5.02 Å². The molecule has 4 rings (SSSR count). The number of nitrogens with zero attached hydrogens (tertiary/aromatic N) is 3. The maximum absolute atomic E-state index is 12.4. The summed E-state index contributed by atoms with van der Waals surface area (Å²) in [5.41, 5.74) is 3.60. The molecule has 7 heteroatoms. The zero-order valence-corrected chi connectivity index (χ0v) is 16.7. The maximum atomic E-state index is 12.4. The van der Waals surface area contributed by atoms with Crippen LogP contribution in [0.1, 0.15) is 16.1 Å². The predicted octanol–water partition coefficient (Wildman–Crippen LogP) is 5.20. The second-order valence-electron chi connectivity index (χ2n) is 6.28. The first kappa shape index (κ1) is 18.5. The van der Waals surface area contributed by atoms with Crippen molar-refractivity contribution in [2.75, 3.05) is 5.75 Å². The summed E-state index contributed by atoms with van der Waals surface area (Å²) in [6.07, 6.45) is 1.74. The van der Waals surface area contributed by atoms with Crippen molar-refractivity contribution in [3.63, 3.8) is 0 Å². The minimum atomic E-state index is 0.0153. The number of nitrogens with one attached hydrogen (secondary N) is 1. The van der Waals surface area contributed by atoms with E-state index in [1.165, 1.54) is 17.3 Å². The molecule has 5 nitrogen and oxygen atoms in total. The Bertz CT molecular complexity index is 1090. The number of ketones is 1. The van der Waals surface area contributed by atoms with Gasteiger partial charge in [-0.2, -0.15) is 0 Å². The van der Waals surface area contributed by atoms with Crippen LogP contribution in [-0.4, -0.2) is 31.3 Å². The number of carbonyl (C=O) groups is 1. The Labute approximate surface area is 171 Å². The molecule has 0 aliphatic carbocycles. The van der Waals surface area contributed by atoms with E-state index in [1.807, 2.05) is 66.1 Å². The number of aromatic amines is 1. The van der Waals surface area contributed by atoms with E-state index in [4.69, 9.17) is 11.6 Å². The first-order valence-corrected chi connectivity index (χ1v) is 10.1. The normalized spacial score (nSPS) is 10.9. The number of rotatable bonds is 6. The Kier molecular flexibility index (Phi) is 5.32. The zero-order chi connectivity index (χ0) is 19.5. The van der Waals surface area contributed by atoms with Crippen molar-refractivity contribution >= 4 is 29.1 Å². The number of aromatic nitrogens is 4. The third-order valence-electron chi connectivity index (χ3n) is 4.26. The molecule has 140 valence electrons. The number of carbonyl (C=O) groups excluding carboxylic acids is 1. The molecule has 2 heterocycles. The Morgan fingerprint density at radius 1 is 1.07 bits per heavy atom. The molecule has 0 fully saturated rings. The van der Waals surface area contributed by atoms with Gasteiger partial charge in [-0.15, -0.1) is 10.2 Å². The Morgan fingerprint density at radius 3 is 2.50 bits per heavy atom. The van der Waals surface area contributed by atoms with Gasteiger partial charge >= 0.3 is 0 Å². The summed E-state index contributed by atoms with van der Waals surface area (Å²) in [5.74, 6) is 0.988. The van der Waals surface area contributed by atoms with Gasteiger partial charge < -0.3 is 4.98 Å². The summed E-state index contributed by atoms with van der Waals surface area (Å²) in [5, 5.41) is 10.1. The van der Waals surface area contributed by atoms with Crippen LogP contribution in [0.3, 0.4) is 0 Å². The van der Waals surface area contributed by atoms with Crippen molar-refractivity contribution in [1.29, 1.82) is 0 Å². The second-order valence-corrected chi connectivity index (χ2v) is 7.66. The number of aryl methyl sites for hydroxylation is 1. The second kappa shape index (κ2) is 8.04. The molecule has 4 aromatic rings. The fourth-order valence-corrected chi connectivity index (χ4v) is 3.75. The number of thioether (sulfide) groups is 1. The fourth-order valence-electron chi connectivity index (χ4n) is 2.79. The molecule has 0 amide bonds. The van der Waals surface area contributed by atoms with E-state index in [1.54, 1.807) is 12.3 Å². The molecular formula is C21H17ClN4OS. The van der Waals surface area contributed by atoms with E-state index in [-0.39, 0.29) is 11.5 Å². The molecule has 0 spiro atoms. The van der Waals surface area contributed by atoms with Crippen LogP contribution in [0.4, 0.5) is 0 Å². The van der Waals surface area contributed by atoms with Crippen molar-refractivity contribution in [3.8, 4) is 17.1 Å². The van der Waals surface area contributed by atoms with Gasteiger partial charge in [-0.05, 0) is 55.5 Å². The van der Waals surface area contributed by atoms with Gasteiger partial charge in [-0.1, -0.05) is 41.1 Å². The Morgan fingerprint density at radius 2 is 1.82 bits per heavy atom. The number of halogens is 1. The summed E-state index contributed by atoms with van der Waals surface area (Å²) < 4.78 is 1.97. The first-order chi connectivity index (χ1) is 13.6. The Hall–Kier alpha value is -2.83. The summed E-state index contributed by atoms with van der Waals surface area (Å²) in [7, 11) is 0. The molecule has 0 unspecified atom stereocenters. The van der Waals surface area contributed by atoms with Gasteiger partial charge in [0.1, 0.15) is 0 Å². The van der Waals surface area contributed by atoms with Gasteiger partial charge in [-0.3, -0.25) is 9.36 Å². The fraction of sp³-hybridized carbons (Fsp3) is 0.0952. The van der Waals surface area contributed by atoms with Gasteiger partial charge in [0.25, 0.3) is 0 Å². The van der Waals surface area contributed by atoms with Crippen molar-refractivity contribution in [3.05, 3.63) is 83.1 Å². The zero-order valence-electron chi connectivity index (χ0n) is 15.1. The van der Waals surface area contributed by atoms with Gasteiger partial charge in [0, 0.05) is 22.5 Å². The highest BCUT2D eigenvalue weighted by atomic mass is 35.5. The summed E-state index contributed by atoms with van der Waals surface area (Å²) >= 11 is 7.39. The molecule has 0 aliphatic heterocycles. The van der Waals surface area contributed by atoms with E-state index < -0.39 is 0 Å². The number of benzene rings is 2. The lowest BCUT2D eigenvalue weighted by Crippen LogP contribution is -2.05. The van der Waals surface area contributed by atoms with E-state index in [9.17, 15) is 4.79 Å². The van der Waals surface area contributed by atoms with E-state index in [0.717, 1.165) is 11.3 Å². The van der Waals surface area contributed by atoms with Crippen LogP contribution in [0.5, 0.6) is 0 Å². The molecule has 0 atom stereocenters. The lowest BCUT2D eigenvalue weighted by molar-refractivity contribution is 0.101. The van der Waals surface area contributed by atoms with Crippen molar-refractivity contribution < 1.29 is 4.79 Å². The van der Waals surface area contributed by atoms with Crippen LogP contribution in [0, 0.1) is 6.92 Å². The average molecular weight is 409 g/mol. The molecular weight excluding hydrogens is 392 g/mol. The number of Topliss-reactive ketones (excluding diaryl/α,β-unsaturated/α-hetero) is 1. The highest BCUT2D eigenvalue weighted by molar-refractivity contribution is 7.99. The highest BCUT2D eigenvalue weighted by Gasteiger charge is 2.18. The van der Waals surface area contributed by atoms with E-state index in [2.05, 4.69) is 15.2 Å². The third-order valence-corrected chi connectivity index (χ3v) is 5.44. The SMILES string of the molecule is Cc1ccc(-n2c(SCC(=O)c3ccc[nH]3)nnc2-c2ccc(Cl)cc2)cc1. The molecule has 2 aromatic carbocycles. The van der Waals surface area contributed by atoms with Crippen LogP contribution in [0.25, 0.3) is 17.1 Å². The van der Waals surface area contributed by atoms with Crippen LogP contribution >= 0.6 is 23.4 Å². The number of H-pyrrole nitrogens is 1. The quantitative estimate of drug-likeness (QED) is 0.352.